The molecular weight excluding hydrogens is 531 g/mol. The van der Waals surface area contributed by atoms with Crippen LogP contribution < -0.4 is 22.1 Å². The number of aromatic nitrogens is 3. The summed E-state index contributed by atoms with van der Waals surface area (Å²) in [4.78, 5) is 40.4. The van der Waals surface area contributed by atoms with Crippen LogP contribution in [0.15, 0.2) is 67.4 Å². The monoisotopic (exact) mass is 554 g/mol. The minimum atomic E-state index is -0.564. The van der Waals surface area contributed by atoms with Crippen molar-refractivity contribution in [2.45, 2.75) is 31.7 Å². The van der Waals surface area contributed by atoms with Gasteiger partial charge < -0.3 is 10.4 Å². The van der Waals surface area contributed by atoms with Gasteiger partial charge in [-0.15, -0.1) is 0 Å². The summed E-state index contributed by atoms with van der Waals surface area (Å²) >= 11 is 3.23. The summed E-state index contributed by atoms with van der Waals surface area (Å²) < 4.78 is 19.1. The maximum Gasteiger partial charge on any atom is 0.337 e. The third kappa shape index (κ3) is 4.31. The number of pyridine rings is 1. The number of aliphatic hydroxyl groups is 1. The van der Waals surface area contributed by atoms with E-state index < -0.39 is 22.6 Å². The van der Waals surface area contributed by atoms with E-state index in [-0.39, 0.29) is 35.1 Å². The number of benzene rings is 2. The van der Waals surface area contributed by atoms with Gasteiger partial charge in [-0.3, -0.25) is 18.7 Å². The Hall–Kier alpha value is -3.50. The summed E-state index contributed by atoms with van der Waals surface area (Å²) in [6.07, 6.45) is 2.57. The van der Waals surface area contributed by atoms with E-state index in [1.165, 1.54) is 38.9 Å². The third-order valence-electron chi connectivity index (χ3n) is 6.36. The van der Waals surface area contributed by atoms with Gasteiger partial charge in [-0.05, 0) is 61.6 Å². The highest BCUT2D eigenvalue weighted by Crippen LogP contribution is 2.34. The van der Waals surface area contributed by atoms with Crippen molar-refractivity contribution in [3.63, 3.8) is 0 Å². The lowest BCUT2D eigenvalue weighted by Gasteiger charge is -2.19. The lowest BCUT2D eigenvalue weighted by molar-refractivity contribution is 0.288. The van der Waals surface area contributed by atoms with Crippen LogP contribution in [0.4, 0.5) is 15.8 Å². The highest BCUT2D eigenvalue weighted by Gasteiger charge is 2.31. The zero-order valence-electron chi connectivity index (χ0n) is 19.5. The maximum absolute atomic E-state index is 14.7. The largest absolute Gasteiger partial charge is 0.396 e. The van der Waals surface area contributed by atoms with Crippen molar-refractivity contribution in [1.82, 2.24) is 13.7 Å². The predicted octanol–water partition coefficient (Wildman–Crippen LogP) is 3.76. The average Bonchev–Trinajstić information content (AvgIpc) is 3.68. The average molecular weight is 555 g/mol. The van der Waals surface area contributed by atoms with E-state index in [0.29, 0.717) is 35.8 Å². The van der Waals surface area contributed by atoms with Crippen molar-refractivity contribution < 1.29 is 9.50 Å². The molecule has 1 fully saturated rings. The molecule has 1 saturated carbocycles. The molecule has 1 aliphatic rings. The Kier molecular flexibility index (Phi) is 6.40. The Morgan fingerprint density at radius 1 is 1.08 bits per heavy atom. The number of halogens is 2. The highest BCUT2D eigenvalue weighted by atomic mass is 79.9. The van der Waals surface area contributed by atoms with Gasteiger partial charge in [-0.25, -0.2) is 13.8 Å². The molecule has 186 valence electrons. The standard InChI is InChI=1S/C26H24BrFN4O4/c1-30-22(34)14-21(29-20-10-7-16(27)13-19(20)28)23-24(30)31(26(36)32(25(23)35)17-8-9-17)18-6-2-4-15(12-18)5-3-11-33/h2,4,6-7,10,12-14,17,29,33H,3,5,8-9,11H2,1H3. The molecule has 5 rings (SSSR count). The summed E-state index contributed by atoms with van der Waals surface area (Å²) in [6, 6.07) is 12.7. The third-order valence-corrected chi connectivity index (χ3v) is 6.85. The van der Waals surface area contributed by atoms with Crippen LogP contribution in [0.1, 0.15) is 30.9 Å². The molecule has 2 heterocycles. The second kappa shape index (κ2) is 9.51. The van der Waals surface area contributed by atoms with Crippen molar-refractivity contribution in [3.8, 4) is 5.69 Å². The van der Waals surface area contributed by atoms with E-state index in [9.17, 15) is 23.9 Å². The Morgan fingerprint density at radius 2 is 1.86 bits per heavy atom. The van der Waals surface area contributed by atoms with Crippen LogP contribution >= 0.6 is 15.9 Å². The number of aliphatic hydroxyl groups excluding tert-OH is 1. The zero-order chi connectivity index (χ0) is 25.6. The number of nitrogens with one attached hydrogen (secondary N) is 1. The summed E-state index contributed by atoms with van der Waals surface area (Å²) in [7, 11) is 1.50. The molecule has 0 atom stereocenters. The normalized spacial score (nSPS) is 13.3. The Bertz CT molecular complexity index is 1670. The Morgan fingerprint density at radius 3 is 2.56 bits per heavy atom. The van der Waals surface area contributed by atoms with E-state index >= 15 is 0 Å². The van der Waals surface area contributed by atoms with E-state index in [4.69, 9.17) is 0 Å². The van der Waals surface area contributed by atoms with Crippen molar-refractivity contribution in [2.75, 3.05) is 11.9 Å². The van der Waals surface area contributed by atoms with E-state index in [1.54, 1.807) is 18.2 Å². The summed E-state index contributed by atoms with van der Waals surface area (Å²) in [5, 5.41) is 12.2. The molecule has 0 saturated heterocycles. The number of rotatable bonds is 7. The molecule has 0 aliphatic heterocycles. The van der Waals surface area contributed by atoms with Crippen LogP contribution in [0.5, 0.6) is 0 Å². The predicted molar refractivity (Wildman–Crippen MR) is 140 cm³/mol. The smallest absolute Gasteiger partial charge is 0.337 e. The molecule has 0 amide bonds. The van der Waals surface area contributed by atoms with Crippen LogP contribution in [0.25, 0.3) is 16.7 Å². The van der Waals surface area contributed by atoms with Gasteiger partial charge in [0.05, 0.1) is 17.1 Å². The molecule has 0 bridgehead atoms. The summed E-state index contributed by atoms with van der Waals surface area (Å²) in [6.45, 7) is 0.0375. The number of fused-ring (bicyclic) bond motifs is 1. The van der Waals surface area contributed by atoms with E-state index in [2.05, 4.69) is 21.2 Å². The quantitative estimate of drug-likeness (QED) is 0.362. The number of aryl methyl sites for hydroxylation is 2. The van der Waals surface area contributed by atoms with Crippen LogP contribution in [0, 0.1) is 5.82 Å². The topological polar surface area (TPSA) is 98.3 Å². The number of nitrogens with zero attached hydrogens (tertiary/aromatic N) is 3. The van der Waals surface area contributed by atoms with Crippen LogP contribution in [-0.2, 0) is 13.5 Å². The van der Waals surface area contributed by atoms with Gasteiger partial charge in [0.2, 0.25) is 0 Å². The first-order valence-electron chi connectivity index (χ1n) is 11.6. The van der Waals surface area contributed by atoms with Crippen molar-refractivity contribution in [1.29, 1.82) is 0 Å². The molecule has 1 aliphatic carbocycles. The Labute approximate surface area is 213 Å². The van der Waals surface area contributed by atoms with Gasteiger partial charge in [0, 0.05) is 30.2 Å². The number of anilines is 2. The van der Waals surface area contributed by atoms with Crippen molar-refractivity contribution >= 4 is 38.3 Å². The number of hydrogen-bond acceptors (Lipinski definition) is 5. The zero-order valence-corrected chi connectivity index (χ0v) is 21.1. The fraction of sp³-hybridized carbons (Fsp3) is 0.269. The SMILES string of the molecule is Cn1c(=O)cc(Nc2ccc(Br)cc2F)c2c(=O)n(C3CC3)c(=O)n(-c3cccc(CCCO)c3)c21. The summed E-state index contributed by atoms with van der Waals surface area (Å²) in [5.74, 6) is -0.564. The van der Waals surface area contributed by atoms with E-state index in [0.717, 1.165) is 5.56 Å². The molecular formula is C26H24BrFN4O4. The molecule has 2 aromatic heterocycles. The molecule has 0 radical (unpaired) electrons. The molecule has 0 unspecified atom stereocenters. The minimum Gasteiger partial charge on any atom is -0.396 e. The molecule has 4 aromatic rings. The van der Waals surface area contributed by atoms with Crippen LogP contribution in [-0.4, -0.2) is 25.4 Å². The maximum atomic E-state index is 14.7. The van der Waals surface area contributed by atoms with Gasteiger partial charge in [0.15, 0.2) is 0 Å². The molecule has 0 spiro atoms. The first-order valence-corrected chi connectivity index (χ1v) is 12.4. The molecule has 10 heteroatoms. The fourth-order valence-electron chi connectivity index (χ4n) is 4.42. The Balaban J connectivity index is 1.84. The van der Waals surface area contributed by atoms with Gasteiger partial charge in [-0.1, -0.05) is 28.1 Å². The first kappa shape index (κ1) is 24.2. The molecule has 36 heavy (non-hydrogen) atoms. The second-order valence-corrected chi connectivity index (χ2v) is 9.84. The van der Waals surface area contributed by atoms with Gasteiger partial charge >= 0.3 is 5.69 Å². The molecule has 8 nitrogen and oxygen atoms in total. The van der Waals surface area contributed by atoms with Crippen LogP contribution in [0.2, 0.25) is 0 Å². The fourth-order valence-corrected chi connectivity index (χ4v) is 4.75. The first-order chi connectivity index (χ1) is 17.3. The molecule has 2 aromatic carbocycles. The van der Waals surface area contributed by atoms with Gasteiger partial charge in [-0.2, -0.15) is 0 Å². The summed E-state index contributed by atoms with van der Waals surface area (Å²) in [5.41, 5.74) is 0.216. The van der Waals surface area contributed by atoms with Crippen LogP contribution in [0.3, 0.4) is 0 Å². The highest BCUT2D eigenvalue weighted by molar-refractivity contribution is 9.10. The van der Waals surface area contributed by atoms with Gasteiger partial charge in [0.25, 0.3) is 11.1 Å². The minimum absolute atomic E-state index is 0.0375. The molecule has 2 N–H and O–H groups in total. The van der Waals surface area contributed by atoms with Crippen molar-refractivity contribution in [3.05, 3.63) is 95.6 Å². The van der Waals surface area contributed by atoms with Gasteiger partial charge in [0.1, 0.15) is 16.9 Å². The number of hydrogen-bond donors (Lipinski definition) is 2. The second-order valence-electron chi connectivity index (χ2n) is 8.92. The lowest BCUT2D eigenvalue weighted by atomic mass is 10.1. The van der Waals surface area contributed by atoms with E-state index in [1.807, 2.05) is 12.1 Å². The lowest BCUT2D eigenvalue weighted by Crippen LogP contribution is -2.41. The van der Waals surface area contributed by atoms with Crippen molar-refractivity contribution in [2.24, 2.45) is 7.05 Å².